The largest absolute Gasteiger partial charge is 0.0591 e. The van der Waals surface area contributed by atoms with Crippen LogP contribution in [-0.4, -0.2) is 109 Å². The summed E-state index contributed by atoms with van der Waals surface area (Å²) >= 11 is 0. The van der Waals surface area contributed by atoms with Gasteiger partial charge in [-0.1, -0.05) is 35.4 Å². The van der Waals surface area contributed by atoms with Crippen molar-refractivity contribution < 1.29 is 43.5 Å². The molecular formula is C74H80N6O6Si2. The Kier molecular flexibility index (Phi) is 14.7. The van der Waals surface area contributed by atoms with Gasteiger partial charge in [-0.25, -0.2) is 0 Å². The molecule has 4 heterocycles. The zero-order valence-corrected chi connectivity index (χ0v) is 55.1. The molecule has 4 aliphatic heterocycles. The van der Waals surface area contributed by atoms with Gasteiger partial charge in [0.05, 0.1) is 0 Å². The van der Waals surface area contributed by atoms with Crippen LogP contribution in [0, 0.1) is 13.8 Å². The number of para-hydroxylation sites is 6. The molecule has 12 nitrogen and oxygen atoms in total. The van der Waals surface area contributed by atoms with Crippen LogP contribution in [-0.2, 0) is 0 Å². The van der Waals surface area contributed by atoms with Gasteiger partial charge >= 0.3 is 471 Å². The maximum atomic E-state index is 7.72. The zero-order chi connectivity index (χ0) is 62.4. The van der Waals surface area contributed by atoms with Crippen molar-refractivity contribution in [3.63, 3.8) is 0 Å². The van der Waals surface area contributed by atoms with E-state index in [2.05, 4.69) is 141 Å². The van der Waals surface area contributed by atoms with Crippen molar-refractivity contribution in [1.29, 1.82) is 0 Å². The number of hydrogen-bond donors (Lipinski definition) is 0. The molecule has 0 radical (unpaired) electrons. The fourth-order valence-electron chi connectivity index (χ4n) is 13.8. The third-order valence-electron chi connectivity index (χ3n) is 19.3. The van der Waals surface area contributed by atoms with Crippen LogP contribution < -0.4 is 36.9 Å². The molecular weight excluding hydrogens is 1130 g/mol. The minimum Gasteiger partial charge on any atom is -0.0591 e. The first-order valence-electron chi connectivity index (χ1n) is 30.0. The van der Waals surface area contributed by atoms with E-state index in [-0.39, 0.29) is 0 Å². The fraction of sp³-hybridized carbons (Fsp3) is 0.189. The first-order chi connectivity index (χ1) is 42.3. The number of aryl methyl sites for hydroxylation is 2. The predicted octanol–water partition coefficient (Wildman–Crippen LogP) is 13.0. The number of rotatable bonds is 8. The monoisotopic (exact) mass is 1200 g/mol. The van der Waals surface area contributed by atoms with Crippen LogP contribution in [0.15, 0.2) is 241 Å². The summed E-state index contributed by atoms with van der Waals surface area (Å²) in [6, 6.07) is 77.1. The van der Waals surface area contributed by atoms with Gasteiger partial charge < -0.3 is 0 Å². The number of aliphatic imine (C=N–C) groups is 2. The van der Waals surface area contributed by atoms with E-state index in [1.807, 2.05) is 200 Å². The van der Waals surface area contributed by atoms with Crippen LogP contribution in [0.3, 0.4) is 0 Å². The first kappa shape index (κ1) is 59.9. The van der Waals surface area contributed by atoms with Crippen molar-refractivity contribution in [2.45, 2.75) is 55.4 Å². The molecule has 0 saturated carbocycles. The number of hydrogen-bond acceptors (Lipinski definition) is 8. The molecule has 0 fully saturated rings. The Morgan fingerprint density at radius 3 is 0.830 bits per heavy atom. The summed E-state index contributed by atoms with van der Waals surface area (Å²) in [4.78, 5) is 9.03. The van der Waals surface area contributed by atoms with E-state index < -0.39 is 15.4 Å². The molecule has 9 aromatic carbocycles. The quantitative estimate of drug-likeness (QED) is 0.111. The van der Waals surface area contributed by atoms with Crippen molar-refractivity contribution in [2.75, 3.05) is 42.3 Å². The van der Waals surface area contributed by atoms with Gasteiger partial charge in [0.1, 0.15) is 0 Å². The number of fused-ring (bicyclic) bond motifs is 4. The van der Waals surface area contributed by atoms with Gasteiger partial charge in [0.15, 0.2) is 0 Å². The van der Waals surface area contributed by atoms with E-state index in [0.29, 0.717) is 34.5 Å². The molecule has 0 aliphatic carbocycles. The average molecular weight is 1210 g/mol. The minimum atomic E-state index is -5.89. The molecule has 88 heavy (non-hydrogen) atoms. The van der Waals surface area contributed by atoms with Gasteiger partial charge in [0.2, 0.25) is 0 Å². The summed E-state index contributed by atoms with van der Waals surface area (Å²) in [6.45, 7) is 16.6. The molecule has 450 valence electrons. The molecule has 0 atom stereocenters. The molecule has 0 bridgehead atoms. The summed E-state index contributed by atoms with van der Waals surface area (Å²) in [5.74, 6) is 4.04. The molecule has 0 saturated heterocycles. The van der Waals surface area contributed by atoms with Crippen LogP contribution in [0.1, 0.15) is 86.1 Å². The summed E-state index contributed by atoms with van der Waals surface area (Å²) in [5, 5.41) is 1.59. The molecule has 0 aromatic heterocycles. The van der Waals surface area contributed by atoms with Gasteiger partial charge in [-0.2, -0.15) is 0 Å². The van der Waals surface area contributed by atoms with Crippen molar-refractivity contribution in [1.82, 2.24) is 0 Å². The first-order valence-corrected chi connectivity index (χ1v) is 35.2. The normalized spacial score (nSPS) is 19.1. The maximum absolute atomic E-state index is 7.72. The van der Waals surface area contributed by atoms with E-state index in [1.54, 1.807) is 14.1 Å². The van der Waals surface area contributed by atoms with Crippen LogP contribution in [0.5, 0.6) is 34.5 Å². The second kappa shape index (κ2) is 21.6. The standard InChI is InChI=1S/2C33H35N3O3Si.C8H10/c2*1-24(34-4)28-18-10-13-21-31(28)37-40(27-16-8-7-9-17-27,35(5)25(2)29-19-11-14-22-32(29)38-40)36(6)26(3)30-20-12-15-23-33(30)39-40;1-7-3-5-8(2)6-4-7/h2*7-23H,1-6H3;3-6H,1-2H3. The van der Waals surface area contributed by atoms with Gasteiger partial charge in [0, 0.05) is 0 Å². The van der Waals surface area contributed by atoms with Crippen molar-refractivity contribution in [2.24, 2.45) is 9.98 Å². The van der Waals surface area contributed by atoms with Gasteiger partial charge in [-0.15, -0.1) is 0 Å². The van der Waals surface area contributed by atoms with Crippen LogP contribution in [0.4, 0.5) is 0 Å². The zero-order valence-electron chi connectivity index (χ0n) is 53.1. The summed E-state index contributed by atoms with van der Waals surface area (Å²) < 4.78 is 54.4. The summed E-state index contributed by atoms with van der Waals surface area (Å²) in [5.41, 5.74) is 13.9. The SMILES string of the molecule is CN=C(C)c1ccccc1O[Si-2]12(c3ccccc3)(Oc3ccccc3C(C)=[N+]1C)Oc1ccccc1C(C)=[N+]2C.CN=C(C)c1ccccc1O[Si-2]12(c3ccccc3)(Oc3ccccc3C(C)=[N+]1C)Oc1ccccc1C(C)=[N+]2C.Cc1ccc(C)cc1. The third kappa shape index (κ3) is 8.28. The van der Waals surface area contributed by atoms with E-state index >= 15 is 0 Å². The average Bonchev–Trinajstić information content (AvgIpc) is 0.635. The molecule has 4 aliphatic rings. The molecule has 0 N–H and O–H groups in total. The molecule has 13 rings (SSSR count). The third-order valence-corrected chi connectivity index (χ3v) is 33.6. The van der Waals surface area contributed by atoms with E-state index in [9.17, 15) is 0 Å². The predicted molar refractivity (Wildman–Crippen MR) is 362 cm³/mol. The van der Waals surface area contributed by atoms with E-state index in [1.165, 1.54) is 11.1 Å². The second-order valence-corrected chi connectivity index (χ2v) is 34.3. The minimum absolute atomic E-state index is 0.622. The van der Waals surface area contributed by atoms with Gasteiger partial charge in [0.25, 0.3) is 0 Å². The Morgan fingerprint density at radius 2 is 0.557 bits per heavy atom. The van der Waals surface area contributed by atoms with Crippen LogP contribution in [0.2, 0.25) is 0 Å². The Hall–Kier alpha value is -9.77. The van der Waals surface area contributed by atoms with Crippen LogP contribution in [0.25, 0.3) is 0 Å². The maximum Gasteiger partial charge on any atom is -0.0398 e. The fourth-order valence-corrected chi connectivity index (χ4v) is 28.0. The molecule has 2 spiro atoms. The Balaban J connectivity index is 0.000000161. The Morgan fingerprint density at radius 1 is 0.318 bits per heavy atom. The van der Waals surface area contributed by atoms with E-state index in [4.69, 9.17) is 26.6 Å². The molecule has 0 unspecified atom stereocenters. The van der Waals surface area contributed by atoms with E-state index in [0.717, 1.165) is 78.0 Å². The number of benzene rings is 9. The van der Waals surface area contributed by atoms with Crippen molar-refractivity contribution >= 4 is 60.0 Å². The van der Waals surface area contributed by atoms with Gasteiger partial charge in [-0.3, -0.25) is 0 Å². The molecule has 14 heteroatoms. The molecule has 9 aromatic rings. The van der Waals surface area contributed by atoms with Crippen molar-refractivity contribution in [3.05, 3.63) is 275 Å². The second-order valence-electron chi connectivity index (χ2n) is 23.5. The summed E-state index contributed by atoms with van der Waals surface area (Å²) in [7, 11) is -0.0610. The summed E-state index contributed by atoms with van der Waals surface area (Å²) in [6.07, 6.45) is 0. The molecule has 0 amide bonds. The topological polar surface area (TPSA) is 92.1 Å². The van der Waals surface area contributed by atoms with Gasteiger partial charge in [-0.05, 0) is 13.8 Å². The van der Waals surface area contributed by atoms with Crippen LogP contribution >= 0.6 is 0 Å². The number of nitrogens with zero attached hydrogens (tertiary/aromatic N) is 6. The Bertz CT molecular complexity index is 4060. The Labute approximate surface area is 518 Å². The smallest absolute Gasteiger partial charge is 0.0398 e. The van der Waals surface area contributed by atoms with Crippen molar-refractivity contribution in [3.8, 4) is 34.5 Å².